The van der Waals surface area contributed by atoms with Gasteiger partial charge in [0.25, 0.3) is 0 Å². The molecule has 0 saturated carbocycles. The number of fused-ring (bicyclic) bond motifs is 11. The second-order valence-corrected chi connectivity index (χ2v) is 8.74. The van der Waals surface area contributed by atoms with Crippen molar-refractivity contribution in [2.24, 2.45) is 0 Å². The van der Waals surface area contributed by atoms with E-state index in [2.05, 4.69) is 58.5 Å². The number of aromatic nitrogens is 2. The van der Waals surface area contributed by atoms with Crippen LogP contribution in [0.25, 0.3) is 65.2 Å². The van der Waals surface area contributed by atoms with Crippen LogP contribution in [0.4, 0.5) is 0 Å². The topological polar surface area (TPSA) is 31.6 Å². The summed E-state index contributed by atoms with van der Waals surface area (Å²) in [6, 6.07) is 25.2. The molecule has 0 amide bonds. The number of benzene rings is 5. The number of halogens is 2. The Labute approximate surface area is 181 Å². The molecule has 0 aliphatic rings. The Morgan fingerprint density at radius 2 is 0.767 bits per heavy atom. The number of hydrogen-bond donors (Lipinski definition) is 2. The van der Waals surface area contributed by atoms with Gasteiger partial charge in [-0.25, -0.2) is 0 Å². The van der Waals surface area contributed by atoms with Crippen molar-refractivity contribution in [1.82, 2.24) is 9.97 Å². The Morgan fingerprint density at radius 3 is 1.23 bits per heavy atom. The van der Waals surface area contributed by atoms with Gasteiger partial charge in [0.05, 0.1) is 22.1 Å². The van der Waals surface area contributed by atoms with E-state index >= 15 is 0 Å². The van der Waals surface area contributed by atoms with Crippen molar-refractivity contribution in [3.63, 3.8) is 0 Å². The van der Waals surface area contributed by atoms with Crippen LogP contribution >= 0.6 is 23.2 Å². The molecule has 2 N–H and O–H groups in total. The minimum atomic E-state index is 0.753. The van der Waals surface area contributed by atoms with Crippen LogP contribution < -0.4 is 0 Å². The molecule has 0 spiro atoms. The standard InChI is InChI=1S/C26H14Cl2N2/c27-15-3-7-17-13(11-15)1-5-19-21-9-10-22-20-6-2-14-12-16(28)4-8-18(14)24(20)30-26(22)25(21)29-23(17)19/h1-12,29-30H. The summed E-state index contributed by atoms with van der Waals surface area (Å²) in [5.41, 5.74) is 4.54. The summed E-state index contributed by atoms with van der Waals surface area (Å²) in [4.78, 5) is 7.41. The smallest absolute Gasteiger partial charge is 0.0710 e. The number of rotatable bonds is 0. The molecule has 0 aliphatic heterocycles. The van der Waals surface area contributed by atoms with Crippen LogP contribution in [-0.4, -0.2) is 9.97 Å². The highest BCUT2D eigenvalue weighted by Crippen LogP contribution is 2.39. The average molecular weight is 425 g/mol. The molecule has 4 heteroatoms. The van der Waals surface area contributed by atoms with E-state index in [-0.39, 0.29) is 0 Å². The van der Waals surface area contributed by atoms with Gasteiger partial charge in [-0.15, -0.1) is 0 Å². The Morgan fingerprint density at radius 1 is 0.400 bits per heavy atom. The Bertz CT molecular complexity index is 1690. The summed E-state index contributed by atoms with van der Waals surface area (Å²) in [6.45, 7) is 0. The van der Waals surface area contributed by atoms with E-state index in [9.17, 15) is 0 Å². The minimum absolute atomic E-state index is 0.753. The maximum Gasteiger partial charge on any atom is 0.0710 e. The van der Waals surface area contributed by atoms with E-state index in [1.54, 1.807) is 0 Å². The van der Waals surface area contributed by atoms with Crippen molar-refractivity contribution in [3.8, 4) is 0 Å². The molecular formula is C26H14Cl2N2. The Balaban J connectivity index is 1.66. The van der Waals surface area contributed by atoms with Gasteiger partial charge in [-0.2, -0.15) is 0 Å². The minimum Gasteiger partial charge on any atom is -0.352 e. The van der Waals surface area contributed by atoms with Crippen LogP contribution in [0.1, 0.15) is 0 Å². The van der Waals surface area contributed by atoms with Gasteiger partial charge in [-0.05, 0) is 35.0 Å². The monoisotopic (exact) mass is 424 g/mol. The first-order valence-electron chi connectivity index (χ1n) is 9.84. The highest BCUT2D eigenvalue weighted by Gasteiger charge is 2.14. The third-order valence-corrected chi connectivity index (χ3v) is 6.72. The Kier molecular flexibility index (Phi) is 3.15. The zero-order valence-corrected chi connectivity index (χ0v) is 17.2. The molecule has 0 unspecified atom stereocenters. The van der Waals surface area contributed by atoms with Gasteiger partial charge in [0.1, 0.15) is 0 Å². The first-order valence-corrected chi connectivity index (χ1v) is 10.6. The van der Waals surface area contributed by atoms with Crippen molar-refractivity contribution >= 4 is 88.4 Å². The summed E-state index contributed by atoms with van der Waals surface area (Å²) in [7, 11) is 0. The zero-order valence-electron chi connectivity index (χ0n) is 15.7. The van der Waals surface area contributed by atoms with Crippen molar-refractivity contribution in [3.05, 3.63) is 82.8 Å². The summed E-state index contributed by atoms with van der Waals surface area (Å²) >= 11 is 12.4. The zero-order chi connectivity index (χ0) is 20.0. The van der Waals surface area contributed by atoms with Crippen molar-refractivity contribution in [2.75, 3.05) is 0 Å². The first-order chi connectivity index (χ1) is 14.7. The fourth-order valence-corrected chi connectivity index (χ4v) is 5.24. The molecular weight excluding hydrogens is 411 g/mol. The predicted octanol–water partition coefficient (Wildman–Crippen LogP) is 8.57. The lowest BCUT2D eigenvalue weighted by Crippen LogP contribution is -1.76. The van der Waals surface area contributed by atoms with Crippen LogP contribution in [0, 0.1) is 0 Å². The fourth-order valence-electron chi connectivity index (χ4n) is 4.88. The quantitative estimate of drug-likeness (QED) is 0.244. The molecule has 0 aliphatic carbocycles. The van der Waals surface area contributed by atoms with E-state index in [0.29, 0.717) is 0 Å². The van der Waals surface area contributed by atoms with Crippen LogP contribution in [0.2, 0.25) is 10.0 Å². The third kappa shape index (κ3) is 2.10. The van der Waals surface area contributed by atoms with Gasteiger partial charge in [-0.1, -0.05) is 71.7 Å². The summed E-state index contributed by atoms with van der Waals surface area (Å²) in [5, 5.41) is 11.0. The molecule has 0 saturated heterocycles. The van der Waals surface area contributed by atoms with Gasteiger partial charge < -0.3 is 9.97 Å². The van der Waals surface area contributed by atoms with Crippen molar-refractivity contribution < 1.29 is 0 Å². The van der Waals surface area contributed by atoms with E-state index in [0.717, 1.165) is 42.9 Å². The van der Waals surface area contributed by atoms with E-state index in [1.165, 1.54) is 32.3 Å². The van der Waals surface area contributed by atoms with E-state index in [1.807, 2.05) is 24.3 Å². The van der Waals surface area contributed by atoms with Crippen LogP contribution in [0.5, 0.6) is 0 Å². The van der Waals surface area contributed by atoms with Gasteiger partial charge in [-0.3, -0.25) is 0 Å². The molecule has 30 heavy (non-hydrogen) atoms. The highest BCUT2D eigenvalue weighted by molar-refractivity contribution is 6.33. The summed E-state index contributed by atoms with van der Waals surface area (Å²) in [6.07, 6.45) is 0. The number of aromatic amines is 2. The number of hydrogen-bond acceptors (Lipinski definition) is 0. The molecule has 0 fully saturated rings. The lowest BCUT2D eigenvalue weighted by molar-refractivity contribution is 1.53. The Hall–Kier alpha value is -3.20. The van der Waals surface area contributed by atoms with Crippen LogP contribution in [0.3, 0.4) is 0 Å². The molecule has 2 nitrogen and oxygen atoms in total. The SMILES string of the molecule is Clc1ccc2c(ccc3c4ccc5c6ccc7cc(Cl)ccc7c6[nH]c5c4[nH]c23)c1. The van der Waals surface area contributed by atoms with Gasteiger partial charge in [0.15, 0.2) is 0 Å². The second-order valence-electron chi connectivity index (χ2n) is 7.87. The van der Waals surface area contributed by atoms with E-state index < -0.39 is 0 Å². The van der Waals surface area contributed by atoms with E-state index in [4.69, 9.17) is 23.2 Å². The molecule has 7 rings (SSSR count). The second kappa shape index (κ2) is 5.69. The number of H-pyrrole nitrogens is 2. The maximum atomic E-state index is 6.21. The molecule has 2 aromatic heterocycles. The highest BCUT2D eigenvalue weighted by atomic mass is 35.5. The molecule has 5 aromatic carbocycles. The predicted molar refractivity (Wildman–Crippen MR) is 130 cm³/mol. The summed E-state index contributed by atoms with van der Waals surface area (Å²) in [5.74, 6) is 0. The molecule has 0 bridgehead atoms. The van der Waals surface area contributed by atoms with Crippen LogP contribution in [-0.2, 0) is 0 Å². The molecule has 0 radical (unpaired) electrons. The average Bonchev–Trinajstić information content (AvgIpc) is 3.31. The van der Waals surface area contributed by atoms with Gasteiger partial charge >= 0.3 is 0 Å². The van der Waals surface area contributed by atoms with Gasteiger partial charge in [0, 0.05) is 42.4 Å². The molecule has 0 atom stereocenters. The van der Waals surface area contributed by atoms with Crippen LogP contribution in [0.15, 0.2) is 72.8 Å². The molecule has 142 valence electrons. The molecule has 7 aromatic rings. The lowest BCUT2D eigenvalue weighted by atomic mass is 10.0. The van der Waals surface area contributed by atoms with Crippen molar-refractivity contribution in [2.45, 2.75) is 0 Å². The van der Waals surface area contributed by atoms with Gasteiger partial charge in [0.2, 0.25) is 0 Å². The van der Waals surface area contributed by atoms with Crippen molar-refractivity contribution in [1.29, 1.82) is 0 Å². The first kappa shape index (κ1) is 16.6. The normalized spacial score (nSPS) is 12.3. The molecule has 2 heterocycles. The lowest BCUT2D eigenvalue weighted by Gasteiger charge is -2.00. The number of nitrogens with one attached hydrogen (secondary N) is 2. The summed E-state index contributed by atoms with van der Waals surface area (Å²) < 4.78 is 0. The third-order valence-electron chi connectivity index (χ3n) is 6.25. The maximum absolute atomic E-state index is 6.21. The largest absolute Gasteiger partial charge is 0.352 e. The fraction of sp³-hybridized carbons (Fsp3) is 0.